The smallest absolute Gasteiger partial charge is 0.230 e. The van der Waals surface area contributed by atoms with Crippen LogP contribution in [-0.2, 0) is 16.0 Å². The van der Waals surface area contributed by atoms with Crippen LogP contribution in [0.25, 0.3) is 0 Å². The van der Waals surface area contributed by atoms with E-state index >= 15 is 0 Å². The Morgan fingerprint density at radius 3 is 2.43 bits per heavy atom. The second-order valence-corrected chi connectivity index (χ2v) is 7.04. The molecule has 1 saturated heterocycles. The number of hydrogen-bond acceptors (Lipinski definition) is 3. The molecule has 0 N–H and O–H groups in total. The maximum absolute atomic E-state index is 13.5. The van der Waals surface area contributed by atoms with Crippen molar-refractivity contribution in [1.82, 2.24) is 9.88 Å². The van der Waals surface area contributed by atoms with Gasteiger partial charge in [-0.15, -0.1) is 0 Å². The molecule has 28 heavy (non-hydrogen) atoms. The molecule has 1 fully saturated rings. The van der Waals surface area contributed by atoms with Gasteiger partial charge in [-0.2, -0.15) is 0 Å². The maximum atomic E-state index is 13.5. The number of ether oxygens (including phenoxy) is 1. The molecule has 4 nitrogen and oxygen atoms in total. The Hall–Kier alpha value is -2.98. The molecule has 0 radical (unpaired) electrons. The van der Waals surface area contributed by atoms with Crippen LogP contribution in [0.3, 0.4) is 0 Å². The highest BCUT2D eigenvalue weighted by Crippen LogP contribution is 2.27. The topological polar surface area (TPSA) is 42.4 Å². The van der Waals surface area contributed by atoms with Gasteiger partial charge in [-0.25, -0.2) is 0 Å². The number of carbonyl (C=O) groups is 1. The minimum Gasteiger partial charge on any atom is -0.370 e. The van der Waals surface area contributed by atoms with E-state index < -0.39 is 0 Å². The average molecular weight is 372 g/mol. The summed E-state index contributed by atoms with van der Waals surface area (Å²) in [5.74, 6) is -0.105. The first kappa shape index (κ1) is 18.4. The van der Waals surface area contributed by atoms with Gasteiger partial charge in [-0.3, -0.25) is 9.78 Å². The Morgan fingerprint density at radius 1 is 1.00 bits per heavy atom. The fraction of sp³-hybridized carbons (Fsp3) is 0.250. The van der Waals surface area contributed by atoms with Crippen molar-refractivity contribution in [1.29, 1.82) is 0 Å². The summed E-state index contributed by atoms with van der Waals surface area (Å²) < 4.78 is 5.94. The Balaban J connectivity index is 1.56. The van der Waals surface area contributed by atoms with E-state index in [4.69, 9.17) is 4.74 Å². The third-order valence-corrected chi connectivity index (χ3v) is 5.19. The van der Waals surface area contributed by atoms with Gasteiger partial charge < -0.3 is 9.64 Å². The number of carbonyl (C=O) groups excluding carboxylic acids is 1. The second kappa shape index (κ2) is 8.81. The standard InChI is InChI=1S/C24H24N2O2/c27-24(26-15-16-28-23(18-26)20-11-5-2-6-12-20)22(19-9-3-1-4-10-19)17-21-13-7-8-14-25-21/h1-14,22-23H,15-18H2. The molecule has 2 atom stereocenters. The SMILES string of the molecule is O=C(C(Cc1ccccn1)c1ccccc1)N1CCOC(c2ccccc2)C1. The largest absolute Gasteiger partial charge is 0.370 e. The number of amides is 1. The fourth-order valence-electron chi connectivity index (χ4n) is 3.70. The molecule has 1 aliphatic heterocycles. The first-order valence-electron chi connectivity index (χ1n) is 9.71. The van der Waals surface area contributed by atoms with Gasteiger partial charge in [0, 0.05) is 24.9 Å². The lowest BCUT2D eigenvalue weighted by atomic mass is 9.92. The van der Waals surface area contributed by atoms with Crippen LogP contribution in [0.4, 0.5) is 0 Å². The summed E-state index contributed by atoms with van der Waals surface area (Å²) in [5.41, 5.74) is 3.07. The van der Waals surface area contributed by atoms with Gasteiger partial charge in [0.25, 0.3) is 0 Å². The van der Waals surface area contributed by atoms with Crippen LogP contribution >= 0.6 is 0 Å². The van der Waals surface area contributed by atoms with Crippen LogP contribution in [0.15, 0.2) is 85.1 Å². The van der Waals surface area contributed by atoms with E-state index in [1.807, 2.05) is 71.6 Å². The van der Waals surface area contributed by atoms with Crippen LogP contribution in [0, 0.1) is 0 Å². The predicted molar refractivity (Wildman–Crippen MR) is 109 cm³/mol. The summed E-state index contributed by atoms with van der Waals surface area (Å²) >= 11 is 0. The fourth-order valence-corrected chi connectivity index (χ4v) is 3.70. The molecule has 2 heterocycles. The van der Waals surface area contributed by atoms with Crippen molar-refractivity contribution in [3.8, 4) is 0 Å². The highest BCUT2D eigenvalue weighted by atomic mass is 16.5. The van der Waals surface area contributed by atoms with Crippen LogP contribution in [0.5, 0.6) is 0 Å². The van der Waals surface area contributed by atoms with Crippen molar-refractivity contribution in [3.63, 3.8) is 0 Å². The first-order chi connectivity index (χ1) is 13.8. The zero-order valence-corrected chi connectivity index (χ0v) is 15.8. The molecule has 4 heteroatoms. The molecule has 4 rings (SSSR count). The minimum atomic E-state index is -0.245. The average Bonchev–Trinajstić information content (AvgIpc) is 2.79. The third-order valence-electron chi connectivity index (χ3n) is 5.19. The number of rotatable bonds is 5. The molecule has 0 saturated carbocycles. The van der Waals surface area contributed by atoms with Gasteiger partial charge in [0.05, 0.1) is 19.1 Å². The molecular weight excluding hydrogens is 348 g/mol. The maximum Gasteiger partial charge on any atom is 0.230 e. The lowest BCUT2D eigenvalue weighted by Crippen LogP contribution is -2.44. The van der Waals surface area contributed by atoms with Crippen LogP contribution < -0.4 is 0 Å². The summed E-state index contributed by atoms with van der Waals surface area (Å²) in [7, 11) is 0. The number of pyridine rings is 1. The van der Waals surface area contributed by atoms with E-state index in [1.54, 1.807) is 6.20 Å². The zero-order valence-electron chi connectivity index (χ0n) is 15.8. The van der Waals surface area contributed by atoms with E-state index in [2.05, 4.69) is 17.1 Å². The van der Waals surface area contributed by atoms with E-state index in [0.717, 1.165) is 16.8 Å². The van der Waals surface area contributed by atoms with Gasteiger partial charge in [0.15, 0.2) is 0 Å². The van der Waals surface area contributed by atoms with E-state index in [-0.39, 0.29) is 17.9 Å². The van der Waals surface area contributed by atoms with Gasteiger partial charge in [0.1, 0.15) is 6.10 Å². The summed E-state index contributed by atoms with van der Waals surface area (Å²) in [4.78, 5) is 19.9. The van der Waals surface area contributed by atoms with E-state index in [0.29, 0.717) is 26.1 Å². The zero-order chi connectivity index (χ0) is 19.2. The van der Waals surface area contributed by atoms with Crippen LogP contribution in [0.2, 0.25) is 0 Å². The summed E-state index contributed by atoms with van der Waals surface area (Å²) in [6, 6.07) is 26.0. The molecule has 0 aliphatic carbocycles. The predicted octanol–water partition coefficient (Wildman–Crippen LogP) is 4.01. The summed E-state index contributed by atoms with van der Waals surface area (Å²) in [5, 5.41) is 0. The monoisotopic (exact) mass is 372 g/mol. The van der Waals surface area contributed by atoms with Crippen molar-refractivity contribution in [3.05, 3.63) is 102 Å². The lowest BCUT2D eigenvalue weighted by molar-refractivity contribution is -0.140. The molecule has 1 amide bonds. The first-order valence-corrected chi connectivity index (χ1v) is 9.71. The molecule has 0 bridgehead atoms. The molecule has 0 spiro atoms. The molecule has 1 aliphatic rings. The minimum absolute atomic E-state index is 0.0785. The Morgan fingerprint density at radius 2 is 1.71 bits per heavy atom. The normalized spacial score (nSPS) is 17.9. The number of morpholine rings is 1. The van der Waals surface area contributed by atoms with Crippen molar-refractivity contribution < 1.29 is 9.53 Å². The number of aromatic nitrogens is 1. The Kier molecular flexibility index (Phi) is 5.78. The Labute approximate surface area is 165 Å². The number of benzene rings is 2. The summed E-state index contributed by atoms with van der Waals surface area (Å²) in [6.07, 6.45) is 2.30. The van der Waals surface area contributed by atoms with Gasteiger partial charge >= 0.3 is 0 Å². The van der Waals surface area contributed by atoms with E-state index in [9.17, 15) is 4.79 Å². The van der Waals surface area contributed by atoms with Crippen LogP contribution in [0.1, 0.15) is 28.8 Å². The molecule has 3 aromatic rings. The highest BCUT2D eigenvalue weighted by molar-refractivity contribution is 5.84. The third kappa shape index (κ3) is 4.29. The van der Waals surface area contributed by atoms with E-state index in [1.165, 1.54) is 0 Å². The van der Waals surface area contributed by atoms with Crippen molar-refractivity contribution >= 4 is 5.91 Å². The number of nitrogens with zero attached hydrogens (tertiary/aromatic N) is 2. The molecule has 142 valence electrons. The quantitative estimate of drug-likeness (QED) is 0.680. The molecule has 2 aromatic carbocycles. The Bertz CT molecular complexity index is 884. The number of hydrogen-bond donors (Lipinski definition) is 0. The van der Waals surface area contributed by atoms with Crippen molar-refractivity contribution in [2.75, 3.05) is 19.7 Å². The molecular formula is C24H24N2O2. The van der Waals surface area contributed by atoms with Gasteiger partial charge in [0.2, 0.25) is 5.91 Å². The van der Waals surface area contributed by atoms with Gasteiger partial charge in [-0.05, 0) is 23.3 Å². The lowest BCUT2D eigenvalue weighted by Gasteiger charge is -2.35. The van der Waals surface area contributed by atoms with Crippen molar-refractivity contribution in [2.24, 2.45) is 0 Å². The summed E-state index contributed by atoms with van der Waals surface area (Å²) in [6.45, 7) is 1.75. The van der Waals surface area contributed by atoms with Gasteiger partial charge in [-0.1, -0.05) is 66.7 Å². The van der Waals surface area contributed by atoms with Crippen LogP contribution in [-0.4, -0.2) is 35.5 Å². The second-order valence-electron chi connectivity index (χ2n) is 7.04. The molecule has 1 aromatic heterocycles. The molecule has 2 unspecified atom stereocenters. The highest BCUT2D eigenvalue weighted by Gasteiger charge is 2.31. The van der Waals surface area contributed by atoms with Crippen molar-refractivity contribution in [2.45, 2.75) is 18.4 Å².